The van der Waals surface area contributed by atoms with Gasteiger partial charge in [-0.2, -0.15) is 0 Å². The normalized spacial score (nSPS) is 10.2. The molecule has 0 radical (unpaired) electrons. The van der Waals surface area contributed by atoms with E-state index in [2.05, 4.69) is 6.92 Å². The number of alkyl halides is 1. The molecule has 0 amide bonds. The summed E-state index contributed by atoms with van der Waals surface area (Å²) < 4.78 is 5.27. The molecule has 0 aromatic heterocycles. The minimum atomic E-state index is -0.159. The number of rotatable bonds is 7. The molecule has 1 rings (SSSR count). The van der Waals surface area contributed by atoms with E-state index in [1.807, 2.05) is 24.3 Å². The fourth-order valence-electron chi connectivity index (χ4n) is 1.55. The highest BCUT2D eigenvalue weighted by Crippen LogP contribution is 2.15. The van der Waals surface area contributed by atoms with Crippen LogP contribution < -0.4 is 4.74 Å². The van der Waals surface area contributed by atoms with Gasteiger partial charge in [0.15, 0.2) is 0 Å². The second kappa shape index (κ2) is 8.13. The lowest BCUT2D eigenvalue weighted by atomic mass is 10.1. The minimum Gasteiger partial charge on any atom is -0.427 e. The maximum absolute atomic E-state index is 11.5. The Morgan fingerprint density at radius 3 is 2.82 bits per heavy atom. The molecule has 0 heterocycles. The van der Waals surface area contributed by atoms with Gasteiger partial charge in [-0.15, -0.1) is 11.6 Å². The highest BCUT2D eigenvalue weighted by molar-refractivity contribution is 6.17. The summed E-state index contributed by atoms with van der Waals surface area (Å²) in [5.41, 5.74) is 1.18. The van der Waals surface area contributed by atoms with Crippen molar-refractivity contribution >= 4 is 17.6 Å². The zero-order valence-electron chi connectivity index (χ0n) is 10.2. The molecule has 17 heavy (non-hydrogen) atoms. The summed E-state index contributed by atoms with van der Waals surface area (Å²) in [5, 5.41) is 0. The summed E-state index contributed by atoms with van der Waals surface area (Å²) in [6.07, 6.45) is 4.20. The highest BCUT2D eigenvalue weighted by atomic mass is 35.5. The Hall–Kier alpha value is -1.02. The average Bonchev–Trinajstić information content (AvgIpc) is 2.35. The standard InChI is InChI=1S/C14H19ClO2/c1-2-12-7-6-8-13(11-12)17-14(16)9-4-3-5-10-15/h6-8,11H,2-5,9-10H2,1H3. The quantitative estimate of drug-likeness (QED) is 0.319. The van der Waals surface area contributed by atoms with Crippen molar-refractivity contribution in [2.75, 3.05) is 5.88 Å². The van der Waals surface area contributed by atoms with E-state index in [9.17, 15) is 4.79 Å². The van der Waals surface area contributed by atoms with Crippen LogP contribution in [0.2, 0.25) is 0 Å². The summed E-state index contributed by atoms with van der Waals surface area (Å²) in [4.78, 5) is 11.5. The number of halogens is 1. The van der Waals surface area contributed by atoms with E-state index in [0.717, 1.165) is 25.7 Å². The molecule has 0 aliphatic carbocycles. The predicted octanol–water partition coefficient (Wildman–Crippen LogP) is 3.95. The number of benzene rings is 1. The zero-order chi connectivity index (χ0) is 12.5. The molecule has 1 aromatic carbocycles. The van der Waals surface area contributed by atoms with Crippen LogP contribution in [0.1, 0.15) is 38.2 Å². The summed E-state index contributed by atoms with van der Waals surface area (Å²) >= 11 is 5.56. The Kier molecular flexibility index (Phi) is 6.71. The van der Waals surface area contributed by atoms with Gasteiger partial charge in [-0.3, -0.25) is 4.79 Å². The Bertz CT molecular complexity index is 350. The van der Waals surface area contributed by atoms with Gasteiger partial charge in [0.1, 0.15) is 5.75 Å². The van der Waals surface area contributed by atoms with Gasteiger partial charge in [-0.1, -0.05) is 25.5 Å². The molecular formula is C14H19ClO2. The molecule has 0 aliphatic heterocycles. The van der Waals surface area contributed by atoms with Crippen molar-refractivity contribution in [2.24, 2.45) is 0 Å². The molecule has 2 nitrogen and oxygen atoms in total. The van der Waals surface area contributed by atoms with Crippen molar-refractivity contribution in [1.29, 1.82) is 0 Å². The fraction of sp³-hybridized carbons (Fsp3) is 0.500. The van der Waals surface area contributed by atoms with Gasteiger partial charge in [0, 0.05) is 12.3 Å². The number of ether oxygens (including phenoxy) is 1. The van der Waals surface area contributed by atoms with Crippen molar-refractivity contribution in [1.82, 2.24) is 0 Å². The number of hydrogen-bond donors (Lipinski definition) is 0. The van der Waals surface area contributed by atoms with Crippen molar-refractivity contribution in [3.05, 3.63) is 29.8 Å². The molecule has 1 aromatic rings. The lowest BCUT2D eigenvalue weighted by molar-refractivity contribution is -0.134. The van der Waals surface area contributed by atoms with Crippen LogP contribution in [-0.4, -0.2) is 11.8 Å². The lowest BCUT2D eigenvalue weighted by Crippen LogP contribution is -2.07. The second-order valence-electron chi connectivity index (χ2n) is 3.97. The maximum Gasteiger partial charge on any atom is 0.311 e. The first-order valence-corrected chi connectivity index (χ1v) is 6.65. The number of hydrogen-bond acceptors (Lipinski definition) is 2. The van der Waals surface area contributed by atoms with Crippen LogP contribution in [0.4, 0.5) is 0 Å². The average molecular weight is 255 g/mol. The molecular weight excluding hydrogens is 236 g/mol. The van der Waals surface area contributed by atoms with Crippen LogP contribution in [0.5, 0.6) is 5.75 Å². The third kappa shape index (κ3) is 5.73. The minimum absolute atomic E-state index is 0.159. The highest BCUT2D eigenvalue weighted by Gasteiger charge is 2.04. The van der Waals surface area contributed by atoms with E-state index in [-0.39, 0.29) is 5.97 Å². The third-order valence-electron chi connectivity index (χ3n) is 2.55. The first-order valence-electron chi connectivity index (χ1n) is 6.12. The SMILES string of the molecule is CCc1cccc(OC(=O)CCCCCCl)c1. The molecule has 0 N–H and O–H groups in total. The van der Waals surface area contributed by atoms with Gasteiger partial charge in [-0.05, 0) is 37.0 Å². The summed E-state index contributed by atoms with van der Waals surface area (Å²) in [5.74, 6) is 1.15. The van der Waals surface area contributed by atoms with E-state index in [1.54, 1.807) is 0 Å². The van der Waals surface area contributed by atoms with E-state index >= 15 is 0 Å². The van der Waals surface area contributed by atoms with Crippen LogP contribution in [0.25, 0.3) is 0 Å². The van der Waals surface area contributed by atoms with Crippen molar-refractivity contribution in [3.8, 4) is 5.75 Å². The largest absolute Gasteiger partial charge is 0.427 e. The molecule has 0 unspecified atom stereocenters. The molecule has 0 saturated heterocycles. The first kappa shape index (κ1) is 14.0. The van der Waals surface area contributed by atoms with Crippen molar-refractivity contribution in [3.63, 3.8) is 0 Å². The molecule has 0 bridgehead atoms. The molecule has 3 heteroatoms. The number of aryl methyl sites for hydroxylation is 1. The molecule has 0 saturated carbocycles. The van der Waals surface area contributed by atoms with Gasteiger partial charge < -0.3 is 4.74 Å². The van der Waals surface area contributed by atoms with Crippen LogP contribution in [0, 0.1) is 0 Å². The van der Waals surface area contributed by atoms with E-state index < -0.39 is 0 Å². The van der Waals surface area contributed by atoms with E-state index in [1.165, 1.54) is 5.56 Å². The Balaban J connectivity index is 2.34. The number of esters is 1. The van der Waals surface area contributed by atoms with Crippen LogP contribution in [0.15, 0.2) is 24.3 Å². The second-order valence-corrected chi connectivity index (χ2v) is 4.35. The van der Waals surface area contributed by atoms with Gasteiger partial charge in [0.25, 0.3) is 0 Å². The summed E-state index contributed by atoms with van der Waals surface area (Å²) in [6, 6.07) is 7.67. The van der Waals surface area contributed by atoms with Gasteiger partial charge >= 0.3 is 5.97 Å². The smallest absolute Gasteiger partial charge is 0.311 e. The summed E-state index contributed by atoms with van der Waals surface area (Å²) in [7, 11) is 0. The fourth-order valence-corrected chi connectivity index (χ4v) is 1.74. The number of carbonyl (C=O) groups excluding carboxylic acids is 1. The molecule has 94 valence electrons. The Morgan fingerprint density at radius 2 is 2.12 bits per heavy atom. The van der Waals surface area contributed by atoms with Gasteiger partial charge in [-0.25, -0.2) is 0 Å². The molecule has 0 aliphatic rings. The zero-order valence-corrected chi connectivity index (χ0v) is 11.0. The van der Waals surface area contributed by atoms with Crippen molar-refractivity contribution in [2.45, 2.75) is 39.0 Å². The Morgan fingerprint density at radius 1 is 1.29 bits per heavy atom. The third-order valence-corrected chi connectivity index (χ3v) is 2.82. The van der Waals surface area contributed by atoms with Crippen molar-refractivity contribution < 1.29 is 9.53 Å². The predicted molar refractivity (Wildman–Crippen MR) is 70.6 cm³/mol. The van der Waals surface area contributed by atoms with E-state index in [0.29, 0.717) is 18.1 Å². The first-order chi connectivity index (χ1) is 8.26. The van der Waals surface area contributed by atoms with Gasteiger partial charge in [0.05, 0.1) is 0 Å². The number of unbranched alkanes of at least 4 members (excludes halogenated alkanes) is 2. The van der Waals surface area contributed by atoms with Crippen LogP contribution >= 0.6 is 11.6 Å². The summed E-state index contributed by atoms with van der Waals surface area (Å²) in [6.45, 7) is 2.08. The molecule has 0 fully saturated rings. The van der Waals surface area contributed by atoms with Gasteiger partial charge in [0.2, 0.25) is 0 Å². The molecule has 0 atom stereocenters. The maximum atomic E-state index is 11.5. The Labute approximate surface area is 108 Å². The van der Waals surface area contributed by atoms with Crippen LogP contribution in [-0.2, 0) is 11.2 Å². The monoisotopic (exact) mass is 254 g/mol. The number of carbonyl (C=O) groups is 1. The lowest BCUT2D eigenvalue weighted by Gasteiger charge is -2.05. The van der Waals surface area contributed by atoms with Crippen LogP contribution in [0.3, 0.4) is 0 Å². The topological polar surface area (TPSA) is 26.3 Å². The van der Waals surface area contributed by atoms with E-state index in [4.69, 9.17) is 16.3 Å². The molecule has 0 spiro atoms.